The number of ether oxygens (including phenoxy) is 1. The molecule has 1 aromatic heterocycles. The van der Waals surface area contributed by atoms with E-state index in [1.54, 1.807) is 10.9 Å². The minimum atomic E-state index is -0.298. The standard InChI is InChI=1S/C14H19N3O3/c1-16-11(7-8-15-16)13-10(14(19)20-2)5-6-12(18)17(13)9-3-4-9/h7-10,13H,3-6H2,1-2H3. The van der Waals surface area contributed by atoms with Crippen molar-refractivity contribution in [1.82, 2.24) is 14.7 Å². The van der Waals surface area contributed by atoms with Gasteiger partial charge in [0.15, 0.2) is 0 Å². The second-order valence-electron chi connectivity index (χ2n) is 5.53. The van der Waals surface area contributed by atoms with Crippen LogP contribution in [-0.4, -0.2) is 39.7 Å². The third-order valence-corrected chi connectivity index (χ3v) is 4.24. The first-order valence-electron chi connectivity index (χ1n) is 7.00. The van der Waals surface area contributed by atoms with Crippen LogP contribution in [0.2, 0.25) is 0 Å². The Kier molecular flexibility index (Phi) is 3.23. The molecule has 2 aliphatic rings. The molecule has 6 nitrogen and oxygen atoms in total. The third kappa shape index (κ3) is 2.09. The van der Waals surface area contributed by atoms with Crippen LogP contribution < -0.4 is 0 Å². The molecule has 0 bridgehead atoms. The molecule has 3 rings (SSSR count). The van der Waals surface area contributed by atoms with Gasteiger partial charge in [0.05, 0.1) is 24.8 Å². The van der Waals surface area contributed by atoms with E-state index < -0.39 is 0 Å². The smallest absolute Gasteiger partial charge is 0.311 e. The predicted molar refractivity (Wildman–Crippen MR) is 70.6 cm³/mol. The summed E-state index contributed by atoms with van der Waals surface area (Å²) in [4.78, 5) is 26.3. The summed E-state index contributed by atoms with van der Waals surface area (Å²) in [6.45, 7) is 0. The predicted octanol–water partition coefficient (Wildman–Crippen LogP) is 1.04. The Morgan fingerprint density at radius 1 is 1.40 bits per heavy atom. The quantitative estimate of drug-likeness (QED) is 0.774. The van der Waals surface area contributed by atoms with Crippen LogP contribution >= 0.6 is 0 Å². The number of aryl methyl sites for hydroxylation is 1. The van der Waals surface area contributed by atoms with E-state index in [0.717, 1.165) is 18.5 Å². The summed E-state index contributed by atoms with van der Waals surface area (Å²) in [5, 5.41) is 4.18. The Morgan fingerprint density at radius 2 is 2.15 bits per heavy atom. The van der Waals surface area contributed by atoms with Crippen molar-refractivity contribution in [2.45, 2.75) is 37.8 Å². The molecular formula is C14H19N3O3. The van der Waals surface area contributed by atoms with Gasteiger partial charge >= 0.3 is 5.97 Å². The number of amides is 1. The monoisotopic (exact) mass is 277 g/mol. The molecule has 2 atom stereocenters. The van der Waals surface area contributed by atoms with Crippen LogP contribution in [0.25, 0.3) is 0 Å². The maximum Gasteiger partial charge on any atom is 0.311 e. The summed E-state index contributed by atoms with van der Waals surface area (Å²) in [7, 11) is 3.24. The van der Waals surface area contributed by atoms with Crippen molar-refractivity contribution in [3.63, 3.8) is 0 Å². The van der Waals surface area contributed by atoms with Gasteiger partial charge in [-0.15, -0.1) is 0 Å². The van der Waals surface area contributed by atoms with Crippen molar-refractivity contribution >= 4 is 11.9 Å². The number of hydrogen-bond acceptors (Lipinski definition) is 4. The summed E-state index contributed by atoms with van der Waals surface area (Å²) in [5.41, 5.74) is 0.903. The average Bonchev–Trinajstić information content (AvgIpc) is 3.19. The number of nitrogens with zero attached hydrogens (tertiary/aromatic N) is 3. The lowest BCUT2D eigenvalue weighted by molar-refractivity contribution is -0.155. The van der Waals surface area contributed by atoms with E-state index in [1.807, 2.05) is 18.0 Å². The maximum absolute atomic E-state index is 12.3. The van der Waals surface area contributed by atoms with Crippen LogP contribution in [0.4, 0.5) is 0 Å². The number of methoxy groups -OCH3 is 1. The van der Waals surface area contributed by atoms with Gasteiger partial charge in [-0.25, -0.2) is 0 Å². The first-order chi connectivity index (χ1) is 9.63. The van der Waals surface area contributed by atoms with Gasteiger partial charge in [0, 0.05) is 25.7 Å². The van der Waals surface area contributed by atoms with Crippen LogP contribution in [0.1, 0.15) is 37.4 Å². The van der Waals surface area contributed by atoms with Crippen molar-refractivity contribution in [3.05, 3.63) is 18.0 Å². The average molecular weight is 277 g/mol. The Hall–Kier alpha value is -1.85. The summed E-state index contributed by atoms with van der Waals surface area (Å²) in [5.74, 6) is -0.401. The molecule has 1 aliphatic heterocycles. The van der Waals surface area contributed by atoms with E-state index in [4.69, 9.17) is 4.74 Å². The Bertz CT molecular complexity index is 536. The number of esters is 1. The molecule has 6 heteroatoms. The van der Waals surface area contributed by atoms with Crippen LogP contribution in [0.5, 0.6) is 0 Å². The van der Waals surface area contributed by atoms with Crippen molar-refractivity contribution < 1.29 is 14.3 Å². The van der Waals surface area contributed by atoms with Gasteiger partial charge in [0.2, 0.25) is 5.91 Å². The van der Waals surface area contributed by atoms with Crippen molar-refractivity contribution in [1.29, 1.82) is 0 Å². The van der Waals surface area contributed by atoms with Gasteiger partial charge < -0.3 is 9.64 Å². The zero-order valence-electron chi connectivity index (χ0n) is 11.8. The maximum atomic E-state index is 12.3. The Morgan fingerprint density at radius 3 is 2.70 bits per heavy atom. The number of likely N-dealkylation sites (tertiary alicyclic amines) is 1. The first-order valence-corrected chi connectivity index (χ1v) is 7.00. The molecule has 2 unspecified atom stereocenters. The van der Waals surface area contributed by atoms with Crippen LogP contribution in [0, 0.1) is 5.92 Å². The molecule has 108 valence electrons. The zero-order valence-corrected chi connectivity index (χ0v) is 11.8. The van der Waals surface area contributed by atoms with Crippen molar-refractivity contribution in [2.75, 3.05) is 7.11 Å². The normalized spacial score (nSPS) is 26.7. The molecule has 2 heterocycles. The summed E-state index contributed by atoms with van der Waals surface area (Å²) in [6.07, 6.45) is 4.71. The highest BCUT2D eigenvalue weighted by Crippen LogP contribution is 2.43. The van der Waals surface area contributed by atoms with E-state index in [1.165, 1.54) is 7.11 Å². The van der Waals surface area contributed by atoms with Gasteiger partial charge in [-0.2, -0.15) is 5.10 Å². The minimum Gasteiger partial charge on any atom is -0.469 e. The first kappa shape index (κ1) is 13.1. The highest BCUT2D eigenvalue weighted by Gasteiger charge is 2.47. The van der Waals surface area contributed by atoms with Crippen molar-refractivity contribution in [3.8, 4) is 0 Å². The number of carbonyl (C=O) groups excluding carboxylic acids is 2. The van der Waals surface area contributed by atoms with E-state index in [2.05, 4.69) is 5.10 Å². The van der Waals surface area contributed by atoms with Crippen LogP contribution in [0.3, 0.4) is 0 Å². The molecule has 20 heavy (non-hydrogen) atoms. The van der Waals surface area contributed by atoms with Gasteiger partial charge in [0.25, 0.3) is 0 Å². The highest BCUT2D eigenvalue weighted by atomic mass is 16.5. The van der Waals surface area contributed by atoms with Crippen molar-refractivity contribution in [2.24, 2.45) is 13.0 Å². The zero-order chi connectivity index (χ0) is 14.3. The highest BCUT2D eigenvalue weighted by molar-refractivity contribution is 5.82. The minimum absolute atomic E-state index is 0.138. The van der Waals surface area contributed by atoms with E-state index in [-0.39, 0.29) is 29.9 Å². The number of hydrogen-bond donors (Lipinski definition) is 0. The number of aromatic nitrogens is 2. The van der Waals surface area contributed by atoms with E-state index in [0.29, 0.717) is 12.8 Å². The summed E-state index contributed by atoms with van der Waals surface area (Å²) >= 11 is 0. The van der Waals surface area contributed by atoms with Crippen LogP contribution in [0.15, 0.2) is 12.3 Å². The van der Waals surface area contributed by atoms with Gasteiger partial charge in [-0.1, -0.05) is 0 Å². The molecule has 1 aliphatic carbocycles. The topological polar surface area (TPSA) is 64.4 Å². The van der Waals surface area contributed by atoms with Gasteiger partial charge in [0.1, 0.15) is 0 Å². The second kappa shape index (κ2) is 4.92. The molecule has 1 saturated carbocycles. The van der Waals surface area contributed by atoms with Gasteiger partial charge in [-0.3, -0.25) is 14.3 Å². The SMILES string of the molecule is COC(=O)C1CCC(=O)N(C2CC2)C1c1ccnn1C. The molecule has 1 aromatic rings. The van der Waals surface area contributed by atoms with E-state index in [9.17, 15) is 9.59 Å². The third-order valence-electron chi connectivity index (χ3n) is 4.24. The Balaban J connectivity index is 2.00. The lowest BCUT2D eigenvalue weighted by Gasteiger charge is -2.40. The number of piperidine rings is 1. The molecule has 1 amide bonds. The number of carbonyl (C=O) groups is 2. The second-order valence-corrected chi connectivity index (χ2v) is 5.53. The molecular weight excluding hydrogens is 258 g/mol. The largest absolute Gasteiger partial charge is 0.469 e. The fourth-order valence-electron chi connectivity index (χ4n) is 3.12. The molecule has 0 N–H and O–H groups in total. The molecule has 0 aromatic carbocycles. The lowest BCUT2D eigenvalue weighted by Crippen LogP contribution is -2.47. The molecule has 2 fully saturated rings. The van der Waals surface area contributed by atoms with E-state index >= 15 is 0 Å². The number of rotatable bonds is 3. The molecule has 1 saturated heterocycles. The molecule has 0 radical (unpaired) electrons. The fourth-order valence-corrected chi connectivity index (χ4v) is 3.12. The van der Waals surface area contributed by atoms with Crippen LogP contribution in [-0.2, 0) is 21.4 Å². The van der Waals surface area contributed by atoms with Gasteiger partial charge in [-0.05, 0) is 25.3 Å². The molecule has 0 spiro atoms. The Labute approximate surface area is 117 Å². The lowest BCUT2D eigenvalue weighted by atomic mass is 9.86. The fraction of sp³-hybridized carbons (Fsp3) is 0.643. The summed E-state index contributed by atoms with van der Waals surface area (Å²) < 4.78 is 6.68. The summed E-state index contributed by atoms with van der Waals surface area (Å²) in [6, 6.07) is 1.91.